The number of ether oxygens (including phenoxy) is 1. The van der Waals surface area contributed by atoms with Crippen LogP contribution in [0.3, 0.4) is 0 Å². The molecule has 0 bridgehead atoms. The summed E-state index contributed by atoms with van der Waals surface area (Å²) in [6.45, 7) is -0.213. The molecular weight excluding hydrogens is 188 g/mol. The van der Waals surface area contributed by atoms with Crippen LogP contribution in [-0.4, -0.2) is 25.7 Å². The second-order valence-corrected chi connectivity index (χ2v) is 3.99. The van der Waals surface area contributed by atoms with Crippen molar-refractivity contribution in [2.45, 2.75) is 44.6 Å². The number of hydrogen-bond donors (Lipinski definition) is 1. The Bertz CT molecular complexity index is 149. The lowest BCUT2D eigenvalue weighted by atomic mass is 9.84. The molecule has 0 aromatic rings. The molecule has 0 saturated heterocycles. The van der Waals surface area contributed by atoms with Crippen LogP contribution in [0.2, 0.25) is 0 Å². The molecule has 1 aliphatic carbocycles. The second-order valence-electron chi connectivity index (χ2n) is 3.99. The van der Waals surface area contributed by atoms with Gasteiger partial charge in [-0.15, -0.1) is 0 Å². The first-order valence-electron chi connectivity index (χ1n) is 5.31. The first kappa shape index (κ1) is 11.9. The minimum atomic E-state index is -2.38. The average molecular weight is 207 g/mol. The number of hydrogen-bond acceptors (Lipinski definition) is 2. The molecule has 0 amide bonds. The maximum Gasteiger partial charge on any atom is 0.261 e. The molecule has 4 heteroatoms. The van der Waals surface area contributed by atoms with Gasteiger partial charge in [-0.05, 0) is 18.8 Å². The Morgan fingerprint density at radius 2 is 1.79 bits per heavy atom. The summed E-state index contributed by atoms with van der Waals surface area (Å²) in [5.74, 6) is 0.474. The van der Waals surface area contributed by atoms with Crippen LogP contribution in [0.4, 0.5) is 8.78 Å². The summed E-state index contributed by atoms with van der Waals surface area (Å²) in [4.78, 5) is 0. The summed E-state index contributed by atoms with van der Waals surface area (Å²) in [5, 5.41) is 0. The Morgan fingerprint density at radius 1 is 1.14 bits per heavy atom. The van der Waals surface area contributed by atoms with Gasteiger partial charge < -0.3 is 10.5 Å². The third kappa shape index (κ3) is 4.33. The highest BCUT2D eigenvalue weighted by molar-refractivity contribution is 4.76. The van der Waals surface area contributed by atoms with Crippen LogP contribution < -0.4 is 5.73 Å². The highest BCUT2D eigenvalue weighted by Crippen LogP contribution is 2.25. The summed E-state index contributed by atoms with van der Waals surface area (Å²) in [6.07, 6.45) is 3.58. The SMILES string of the molecule is NC(COCC(F)F)C1CCCCC1. The molecule has 0 radical (unpaired) electrons. The van der Waals surface area contributed by atoms with Gasteiger partial charge in [-0.25, -0.2) is 8.78 Å². The third-order valence-electron chi connectivity index (χ3n) is 2.81. The predicted molar refractivity (Wildman–Crippen MR) is 51.4 cm³/mol. The number of halogens is 2. The molecule has 1 atom stereocenters. The Kier molecular flexibility index (Phi) is 5.33. The topological polar surface area (TPSA) is 35.2 Å². The van der Waals surface area contributed by atoms with Crippen molar-refractivity contribution in [3.8, 4) is 0 Å². The van der Waals surface area contributed by atoms with E-state index in [9.17, 15) is 8.78 Å². The summed E-state index contributed by atoms with van der Waals surface area (Å²) in [7, 11) is 0. The molecule has 1 rings (SSSR count). The van der Waals surface area contributed by atoms with E-state index in [1.807, 2.05) is 0 Å². The van der Waals surface area contributed by atoms with Crippen LogP contribution in [0.5, 0.6) is 0 Å². The smallest absolute Gasteiger partial charge is 0.261 e. The molecule has 84 valence electrons. The Balaban J connectivity index is 2.10. The van der Waals surface area contributed by atoms with Gasteiger partial charge >= 0.3 is 0 Å². The van der Waals surface area contributed by atoms with Crippen molar-refractivity contribution in [3.05, 3.63) is 0 Å². The molecule has 2 N–H and O–H groups in total. The highest BCUT2D eigenvalue weighted by atomic mass is 19.3. The van der Waals surface area contributed by atoms with E-state index >= 15 is 0 Å². The normalized spacial score (nSPS) is 21.4. The van der Waals surface area contributed by atoms with E-state index < -0.39 is 13.0 Å². The van der Waals surface area contributed by atoms with Gasteiger partial charge in [0.25, 0.3) is 6.43 Å². The van der Waals surface area contributed by atoms with Crippen molar-refractivity contribution >= 4 is 0 Å². The molecule has 0 spiro atoms. The number of nitrogens with two attached hydrogens (primary N) is 1. The lowest BCUT2D eigenvalue weighted by Crippen LogP contribution is -2.36. The molecule has 1 unspecified atom stereocenters. The van der Waals surface area contributed by atoms with Crippen LogP contribution in [0.1, 0.15) is 32.1 Å². The van der Waals surface area contributed by atoms with Gasteiger partial charge in [-0.1, -0.05) is 19.3 Å². The third-order valence-corrected chi connectivity index (χ3v) is 2.81. The second kappa shape index (κ2) is 6.30. The molecule has 1 fully saturated rings. The predicted octanol–water partition coefficient (Wildman–Crippen LogP) is 2.18. The number of alkyl halides is 2. The van der Waals surface area contributed by atoms with Crippen molar-refractivity contribution < 1.29 is 13.5 Å². The Morgan fingerprint density at radius 3 is 2.36 bits per heavy atom. The molecule has 0 aliphatic heterocycles. The van der Waals surface area contributed by atoms with E-state index in [0.717, 1.165) is 12.8 Å². The maximum atomic E-state index is 11.8. The summed E-state index contributed by atoms with van der Waals surface area (Å²) in [6, 6.07) is -0.0611. The van der Waals surface area contributed by atoms with Crippen molar-refractivity contribution in [1.29, 1.82) is 0 Å². The molecule has 1 aliphatic rings. The fraction of sp³-hybridized carbons (Fsp3) is 1.00. The van der Waals surface area contributed by atoms with Crippen molar-refractivity contribution in [2.24, 2.45) is 11.7 Å². The maximum absolute atomic E-state index is 11.8. The van der Waals surface area contributed by atoms with Crippen LogP contribution in [-0.2, 0) is 4.74 Å². The van der Waals surface area contributed by atoms with E-state index in [-0.39, 0.29) is 12.6 Å². The van der Waals surface area contributed by atoms with Crippen LogP contribution >= 0.6 is 0 Å². The van der Waals surface area contributed by atoms with Gasteiger partial charge in [0, 0.05) is 6.04 Å². The first-order chi connectivity index (χ1) is 6.70. The van der Waals surface area contributed by atoms with Crippen LogP contribution in [0, 0.1) is 5.92 Å². The molecule has 0 heterocycles. The lowest BCUT2D eigenvalue weighted by molar-refractivity contribution is 0.00588. The zero-order valence-corrected chi connectivity index (χ0v) is 8.42. The molecule has 1 saturated carbocycles. The fourth-order valence-electron chi connectivity index (χ4n) is 1.99. The fourth-order valence-corrected chi connectivity index (χ4v) is 1.99. The quantitative estimate of drug-likeness (QED) is 0.750. The van der Waals surface area contributed by atoms with Gasteiger partial charge in [0.2, 0.25) is 0 Å². The molecule has 2 nitrogen and oxygen atoms in total. The average Bonchev–Trinajstić information content (AvgIpc) is 2.18. The van der Waals surface area contributed by atoms with E-state index in [0.29, 0.717) is 5.92 Å². The van der Waals surface area contributed by atoms with Gasteiger partial charge in [0.05, 0.1) is 6.61 Å². The van der Waals surface area contributed by atoms with Crippen LogP contribution in [0.15, 0.2) is 0 Å². The van der Waals surface area contributed by atoms with Crippen molar-refractivity contribution in [3.63, 3.8) is 0 Å². The zero-order valence-electron chi connectivity index (χ0n) is 8.42. The molecular formula is C10H19F2NO. The van der Waals surface area contributed by atoms with Crippen molar-refractivity contribution in [1.82, 2.24) is 0 Å². The zero-order chi connectivity index (χ0) is 10.4. The first-order valence-corrected chi connectivity index (χ1v) is 5.31. The van der Waals surface area contributed by atoms with E-state index in [1.54, 1.807) is 0 Å². The molecule has 14 heavy (non-hydrogen) atoms. The van der Waals surface area contributed by atoms with E-state index in [1.165, 1.54) is 19.3 Å². The van der Waals surface area contributed by atoms with Crippen LogP contribution in [0.25, 0.3) is 0 Å². The minimum Gasteiger partial charge on any atom is -0.374 e. The Hall–Kier alpha value is -0.220. The largest absolute Gasteiger partial charge is 0.374 e. The standard InChI is InChI=1S/C10H19F2NO/c11-10(12)7-14-6-9(13)8-4-2-1-3-5-8/h8-10H,1-7,13H2. The molecule has 0 aromatic carbocycles. The number of rotatable bonds is 5. The van der Waals surface area contributed by atoms with Gasteiger partial charge in [0.15, 0.2) is 0 Å². The summed E-state index contributed by atoms with van der Waals surface area (Å²) in [5.41, 5.74) is 5.86. The highest BCUT2D eigenvalue weighted by Gasteiger charge is 2.20. The summed E-state index contributed by atoms with van der Waals surface area (Å²) < 4.78 is 28.4. The van der Waals surface area contributed by atoms with Gasteiger partial charge in [-0.3, -0.25) is 0 Å². The lowest BCUT2D eigenvalue weighted by Gasteiger charge is -2.27. The van der Waals surface area contributed by atoms with E-state index in [4.69, 9.17) is 10.5 Å². The molecule has 0 aromatic heterocycles. The van der Waals surface area contributed by atoms with Gasteiger partial charge in [-0.2, -0.15) is 0 Å². The minimum absolute atomic E-state index is 0.0611. The van der Waals surface area contributed by atoms with Gasteiger partial charge in [0.1, 0.15) is 6.61 Å². The Labute approximate surface area is 83.8 Å². The monoisotopic (exact) mass is 207 g/mol. The van der Waals surface area contributed by atoms with Crippen molar-refractivity contribution in [2.75, 3.05) is 13.2 Å². The summed E-state index contributed by atoms with van der Waals surface area (Å²) >= 11 is 0. The van der Waals surface area contributed by atoms with E-state index in [2.05, 4.69) is 0 Å².